The summed E-state index contributed by atoms with van der Waals surface area (Å²) in [5.74, 6) is 0.553. The second kappa shape index (κ2) is 5.65. The minimum atomic E-state index is -0.357. The second-order valence-corrected chi connectivity index (χ2v) is 4.17. The summed E-state index contributed by atoms with van der Waals surface area (Å²) in [4.78, 5) is 0. The van der Waals surface area contributed by atoms with E-state index in [4.69, 9.17) is 10.5 Å². The van der Waals surface area contributed by atoms with E-state index in [1.165, 1.54) is 6.07 Å². The number of aryl methyl sites for hydroxylation is 1. The van der Waals surface area contributed by atoms with Crippen molar-refractivity contribution in [1.82, 2.24) is 0 Å². The first kappa shape index (κ1) is 12.6. The molecule has 94 valence electrons. The maximum absolute atomic E-state index is 13.8. The summed E-state index contributed by atoms with van der Waals surface area (Å²) < 4.78 is 19.4. The van der Waals surface area contributed by atoms with Gasteiger partial charge in [0.1, 0.15) is 5.75 Å². The predicted octanol–water partition coefficient (Wildman–Crippen LogP) is 3.43. The molecule has 2 nitrogen and oxygen atoms in total. The van der Waals surface area contributed by atoms with Gasteiger partial charge in [0, 0.05) is 0 Å². The highest BCUT2D eigenvalue weighted by Crippen LogP contribution is 2.27. The van der Waals surface area contributed by atoms with Crippen LogP contribution in [-0.4, -0.2) is 6.54 Å². The van der Waals surface area contributed by atoms with Gasteiger partial charge in [0.2, 0.25) is 0 Å². The van der Waals surface area contributed by atoms with Gasteiger partial charge >= 0.3 is 0 Å². The molecule has 18 heavy (non-hydrogen) atoms. The average Bonchev–Trinajstić information content (AvgIpc) is 2.35. The van der Waals surface area contributed by atoms with Crippen LogP contribution in [0.15, 0.2) is 42.5 Å². The van der Waals surface area contributed by atoms with Crippen molar-refractivity contribution in [2.75, 3.05) is 6.54 Å². The van der Waals surface area contributed by atoms with Crippen LogP contribution in [0.4, 0.5) is 4.39 Å². The van der Waals surface area contributed by atoms with Crippen molar-refractivity contribution in [3.8, 4) is 11.5 Å². The predicted molar refractivity (Wildman–Crippen MR) is 70.4 cm³/mol. The van der Waals surface area contributed by atoms with Crippen LogP contribution in [0.2, 0.25) is 0 Å². The normalized spacial score (nSPS) is 10.4. The first-order valence-electron chi connectivity index (χ1n) is 5.92. The number of hydrogen-bond acceptors (Lipinski definition) is 2. The van der Waals surface area contributed by atoms with Crippen molar-refractivity contribution in [2.24, 2.45) is 5.73 Å². The van der Waals surface area contributed by atoms with Crippen molar-refractivity contribution < 1.29 is 9.13 Å². The first-order valence-corrected chi connectivity index (χ1v) is 5.92. The van der Waals surface area contributed by atoms with Gasteiger partial charge in [0.25, 0.3) is 0 Å². The Morgan fingerprint density at radius 1 is 1.11 bits per heavy atom. The molecule has 0 saturated carbocycles. The Hall–Kier alpha value is -1.87. The van der Waals surface area contributed by atoms with Crippen LogP contribution >= 0.6 is 0 Å². The van der Waals surface area contributed by atoms with E-state index in [2.05, 4.69) is 0 Å². The lowest BCUT2D eigenvalue weighted by atomic mass is 10.1. The Morgan fingerprint density at radius 2 is 1.89 bits per heavy atom. The SMILES string of the molecule is Cc1ccccc1Oc1ccc(CCN)cc1F. The molecule has 0 aliphatic heterocycles. The maximum Gasteiger partial charge on any atom is 0.165 e. The van der Waals surface area contributed by atoms with Crippen molar-refractivity contribution >= 4 is 0 Å². The summed E-state index contributed by atoms with van der Waals surface area (Å²) in [7, 11) is 0. The van der Waals surface area contributed by atoms with Gasteiger partial charge < -0.3 is 10.5 Å². The van der Waals surface area contributed by atoms with Crippen molar-refractivity contribution in [3.05, 3.63) is 59.4 Å². The zero-order valence-corrected chi connectivity index (χ0v) is 10.3. The van der Waals surface area contributed by atoms with Crippen LogP contribution in [0, 0.1) is 12.7 Å². The maximum atomic E-state index is 13.8. The molecule has 0 unspecified atom stereocenters. The molecule has 0 radical (unpaired) electrons. The van der Waals surface area contributed by atoms with E-state index in [0.29, 0.717) is 18.7 Å². The second-order valence-electron chi connectivity index (χ2n) is 4.17. The largest absolute Gasteiger partial charge is 0.454 e. The summed E-state index contributed by atoms with van der Waals surface area (Å²) in [6, 6.07) is 12.5. The van der Waals surface area contributed by atoms with Crippen LogP contribution in [0.5, 0.6) is 11.5 Å². The molecule has 0 fully saturated rings. The fraction of sp³-hybridized carbons (Fsp3) is 0.200. The highest BCUT2D eigenvalue weighted by molar-refractivity contribution is 5.38. The smallest absolute Gasteiger partial charge is 0.165 e. The standard InChI is InChI=1S/C15H16FNO/c1-11-4-2-3-5-14(11)18-15-7-6-12(8-9-17)10-13(15)16/h2-7,10H,8-9,17H2,1H3. The van der Waals surface area contributed by atoms with Crippen LogP contribution in [0.25, 0.3) is 0 Å². The lowest BCUT2D eigenvalue weighted by molar-refractivity contribution is 0.439. The van der Waals surface area contributed by atoms with Gasteiger partial charge in [-0.3, -0.25) is 0 Å². The Kier molecular flexibility index (Phi) is 3.95. The highest BCUT2D eigenvalue weighted by atomic mass is 19.1. The first-order chi connectivity index (χ1) is 8.70. The van der Waals surface area contributed by atoms with Crippen molar-refractivity contribution in [1.29, 1.82) is 0 Å². The summed E-state index contributed by atoms with van der Waals surface area (Å²) in [5, 5.41) is 0. The molecule has 2 aromatic carbocycles. The fourth-order valence-corrected chi connectivity index (χ4v) is 1.74. The summed E-state index contributed by atoms with van der Waals surface area (Å²) in [6.07, 6.45) is 0.668. The Morgan fingerprint density at radius 3 is 2.56 bits per heavy atom. The number of nitrogens with two attached hydrogens (primary N) is 1. The highest BCUT2D eigenvalue weighted by Gasteiger charge is 2.07. The molecule has 2 aromatic rings. The fourth-order valence-electron chi connectivity index (χ4n) is 1.74. The van der Waals surface area contributed by atoms with Gasteiger partial charge in [-0.1, -0.05) is 24.3 Å². The molecule has 0 aromatic heterocycles. The molecule has 0 atom stereocenters. The van der Waals surface area contributed by atoms with Gasteiger partial charge in [0.15, 0.2) is 11.6 Å². The van der Waals surface area contributed by atoms with E-state index in [9.17, 15) is 4.39 Å². The van der Waals surface area contributed by atoms with Gasteiger partial charge in [-0.2, -0.15) is 0 Å². The van der Waals surface area contributed by atoms with E-state index in [1.54, 1.807) is 6.07 Å². The molecule has 0 aliphatic carbocycles. The summed E-state index contributed by atoms with van der Waals surface area (Å²) >= 11 is 0. The lowest BCUT2D eigenvalue weighted by Crippen LogP contribution is -2.03. The molecule has 0 amide bonds. The van der Waals surface area contributed by atoms with Gasteiger partial charge in [-0.05, 0) is 49.2 Å². The molecule has 3 heteroatoms. The number of halogens is 1. The van der Waals surface area contributed by atoms with Crippen molar-refractivity contribution in [2.45, 2.75) is 13.3 Å². The van der Waals surface area contributed by atoms with E-state index in [-0.39, 0.29) is 11.6 Å². The van der Waals surface area contributed by atoms with E-state index < -0.39 is 0 Å². The third-order valence-corrected chi connectivity index (χ3v) is 2.74. The van der Waals surface area contributed by atoms with Crippen LogP contribution < -0.4 is 10.5 Å². The molecule has 2 N–H and O–H groups in total. The van der Waals surface area contributed by atoms with Gasteiger partial charge in [-0.15, -0.1) is 0 Å². The Balaban J connectivity index is 2.22. The van der Waals surface area contributed by atoms with Crippen LogP contribution in [0.3, 0.4) is 0 Å². The van der Waals surface area contributed by atoms with Gasteiger partial charge in [0.05, 0.1) is 0 Å². The van der Waals surface area contributed by atoms with Crippen molar-refractivity contribution in [3.63, 3.8) is 0 Å². The molecule has 0 aliphatic rings. The zero-order valence-electron chi connectivity index (χ0n) is 10.3. The van der Waals surface area contributed by atoms with E-state index in [0.717, 1.165) is 11.1 Å². The molecule has 0 saturated heterocycles. The number of benzene rings is 2. The minimum Gasteiger partial charge on any atom is -0.454 e. The number of hydrogen-bond donors (Lipinski definition) is 1. The quantitative estimate of drug-likeness (QED) is 0.895. The topological polar surface area (TPSA) is 35.2 Å². The van der Waals surface area contributed by atoms with Gasteiger partial charge in [-0.25, -0.2) is 4.39 Å². The van der Waals surface area contributed by atoms with Crippen LogP contribution in [-0.2, 0) is 6.42 Å². The average molecular weight is 245 g/mol. The summed E-state index contributed by atoms with van der Waals surface area (Å²) in [6.45, 7) is 2.44. The molecule has 2 rings (SSSR count). The van der Waals surface area contributed by atoms with Crippen LogP contribution in [0.1, 0.15) is 11.1 Å². The van der Waals surface area contributed by atoms with E-state index >= 15 is 0 Å². The number of rotatable bonds is 4. The molecular formula is C15H16FNO. The molecule has 0 heterocycles. The zero-order chi connectivity index (χ0) is 13.0. The summed E-state index contributed by atoms with van der Waals surface area (Å²) in [5.41, 5.74) is 7.29. The lowest BCUT2D eigenvalue weighted by Gasteiger charge is -2.10. The Labute approximate surface area is 106 Å². The molecule has 0 bridgehead atoms. The molecule has 0 spiro atoms. The third kappa shape index (κ3) is 2.87. The third-order valence-electron chi connectivity index (χ3n) is 2.74. The minimum absolute atomic E-state index is 0.241. The van der Waals surface area contributed by atoms with E-state index in [1.807, 2.05) is 37.3 Å². The monoisotopic (exact) mass is 245 g/mol. The number of ether oxygens (including phenoxy) is 1. The number of para-hydroxylation sites is 1. The molecular weight excluding hydrogens is 229 g/mol. The Bertz CT molecular complexity index is 540.